The van der Waals surface area contributed by atoms with E-state index in [9.17, 15) is 0 Å². The van der Waals surface area contributed by atoms with Crippen LogP contribution in [-0.4, -0.2) is 13.2 Å². The maximum atomic E-state index is 5.30. The lowest BCUT2D eigenvalue weighted by molar-refractivity contribution is 0.405. The Morgan fingerprint density at radius 1 is 1.27 bits per heavy atom. The van der Waals surface area contributed by atoms with Crippen molar-refractivity contribution in [2.75, 3.05) is 7.11 Å². The molecule has 2 rings (SSSR count). The summed E-state index contributed by atoms with van der Waals surface area (Å²) in [5.74, 6) is 0.968. The normalized spacial score (nSPS) is 15.8. The van der Waals surface area contributed by atoms with Crippen molar-refractivity contribution in [3.63, 3.8) is 0 Å². The number of nitrogens with one attached hydrogen (secondary N) is 1. The van der Waals surface area contributed by atoms with Crippen molar-refractivity contribution in [2.45, 2.75) is 25.4 Å². The lowest BCUT2D eigenvalue weighted by Crippen LogP contribution is -2.25. The highest BCUT2D eigenvalue weighted by atomic mass is 16.5. The largest absolute Gasteiger partial charge is 0.496 e. The van der Waals surface area contributed by atoms with E-state index in [1.165, 1.54) is 5.56 Å². The number of hydrogen-bond donors (Lipinski definition) is 1. The minimum absolute atomic E-state index is 0.606. The zero-order valence-electron chi connectivity index (χ0n) is 9.07. The van der Waals surface area contributed by atoms with Crippen LogP contribution in [0.15, 0.2) is 36.4 Å². The molecule has 2 heteroatoms. The quantitative estimate of drug-likeness (QED) is 0.759. The molecule has 1 N–H and O–H groups in total. The Labute approximate surface area is 91.0 Å². The average Bonchev–Trinajstić information content (AvgIpc) is 2.79. The van der Waals surface area contributed by atoms with E-state index in [0.717, 1.165) is 25.1 Å². The summed E-state index contributed by atoms with van der Waals surface area (Å²) < 4.78 is 5.30. The Balaban J connectivity index is 1.92. The van der Waals surface area contributed by atoms with E-state index in [0.29, 0.717) is 6.04 Å². The minimum Gasteiger partial charge on any atom is -0.496 e. The van der Waals surface area contributed by atoms with Gasteiger partial charge in [-0.3, -0.25) is 0 Å². The van der Waals surface area contributed by atoms with E-state index >= 15 is 0 Å². The zero-order valence-corrected chi connectivity index (χ0v) is 9.07. The minimum atomic E-state index is 0.606. The smallest absolute Gasteiger partial charge is 0.123 e. The molecule has 0 saturated carbocycles. The molecule has 2 nitrogen and oxygen atoms in total. The Morgan fingerprint density at radius 3 is 2.73 bits per heavy atom. The monoisotopic (exact) mass is 203 g/mol. The van der Waals surface area contributed by atoms with Gasteiger partial charge >= 0.3 is 0 Å². The fourth-order valence-electron chi connectivity index (χ4n) is 1.89. The number of ether oxygens (including phenoxy) is 1. The first-order valence-electron chi connectivity index (χ1n) is 5.40. The number of rotatable bonds is 4. The van der Waals surface area contributed by atoms with Gasteiger partial charge in [0.15, 0.2) is 0 Å². The van der Waals surface area contributed by atoms with E-state index in [-0.39, 0.29) is 0 Å². The molecule has 0 heterocycles. The summed E-state index contributed by atoms with van der Waals surface area (Å²) in [5, 5.41) is 3.53. The fraction of sp³-hybridized carbons (Fsp3) is 0.385. The summed E-state index contributed by atoms with van der Waals surface area (Å²) in [6.45, 7) is 0.885. The van der Waals surface area contributed by atoms with Gasteiger partial charge in [0.05, 0.1) is 7.11 Å². The third kappa shape index (κ3) is 2.60. The maximum absolute atomic E-state index is 5.30. The predicted octanol–water partition coefficient (Wildman–Crippen LogP) is 2.50. The van der Waals surface area contributed by atoms with Crippen LogP contribution >= 0.6 is 0 Å². The van der Waals surface area contributed by atoms with Crippen LogP contribution in [0.2, 0.25) is 0 Å². The zero-order chi connectivity index (χ0) is 10.5. The molecular weight excluding hydrogens is 186 g/mol. The van der Waals surface area contributed by atoms with E-state index in [2.05, 4.69) is 23.5 Å². The first-order chi connectivity index (χ1) is 7.40. The molecule has 80 valence electrons. The number of hydrogen-bond acceptors (Lipinski definition) is 2. The van der Waals surface area contributed by atoms with Crippen LogP contribution in [0.25, 0.3) is 0 Å². The van der Waals surface area contributed by atoms with Gasteiger partial charge in [-0.2, -0.15) is 0 Å². The fourth-order valence-corrected chi connectivity index (χ4v) is 1.89. The predicted molar refractivity (Wildman–Crippen MR) is 62.0 cm³/mol. The molecule has 1 aromatic carbocycles. The molecule has 1 aliphatic rings. The van der Waals surface area contributed by atoms with Crippen LogP contribution in [-0.2, 0) is 6.54 Å². The Kier molecular flexibility index (Phi) is 3.41. The number of para-hydroxylation sites is 1. The molecule has 0 aromatic heterocycles. The van der Waals surface area contributed by atoms with Gasteiger partial charge in [0.25, 0.3) is 0 Å². The first-order valence-corrected chi connectivity index (χ1v) is 5.40. The Hall–Kier alpha value is -1.28. The SMILES string of the molecule is COc1ccccc1CNC1CC=CC1. The van der Waals surface area contributed by atoms with Crippen LogP contribution < -0.4 is 10.1 Å². The van der Waals surface area contributed by atoms with E-state index < -0.39 is 0 Å². The van der Waals surface area contributed by atoms with Crippen molar-refractivity contribution in [1.29, 1.82) is 0 Å². The second kappa shape index (κ2) is 4.99. The van der Waals surface area contributed by atoms with Crippen LogP contribution in [0, 0.1) is 0 Å². The first kappa shape index (κ1) is 10.2. The van der Waals surface area contributed by atoms with Crippen molar-refractivity contribution < 1.29 is 4.74 Å². The molecular formula is C13H17NO. The highest BCUT2D eigenvalue weighted by Gasteiger charge is 2.10. The van der Waals surface area contributed by atoms with Crippen molar-refractivity contribution >= 4 is 0 Å². The molecule has 15 heavy (non-hydrogen) atoms. The molecule has 0 radical (unpaired) electrons. The molecule has 0 aliphatic heterocycles. The van der Waals surface area contributed by atoms with Crippen LogP contribution in [0.4, 0.5) is 0 Å². The van der Waals surface area contributed by atoms with E-state index in [1.54, 1.807) is 7.11 Å². The summed E-state index contributed by atoms with van der Waals surface area (Å²) in [5.41, 5.74) is 1.23. The second-order valence-electron chi connectivity index (χ2n) is 3.83. The second-order valence-corrected chi connectivity index (χ2v) is 3.83. The molecule has 0 saturated heterocycles. The van der Waals surface area contributed by atoms with Crippen LogP contribution in [0.1, 0.15) is 18.4 Å². The topological polar surface area (TPSA) is 21.3 Å². The van der Waals surface area contributed by atoms with Gasteiger partial charge in [0.2, 0.25) is 0 Å². The van der Waals surface area contributed by atoms with Crippen molar-refractivity contribution in [2.24, 2.45) is 0 Å². The average molecular weight is 203 g/mol. The molecule has 0 fully saturated rings. The van der Waals surface area contributed by atoms with Gasteiger partial charge < -0.3 is 10.1 Å². The molecule has 0 bridgehead atoms. The maximum Gasteiger partial charge on any atom is 0.123 e. The van der Waals surface area contributed by atoms with Crippen LogP contribution in [0.3, 0.4) is 0 Å². The van der Waals surface area contributed by atoms with Crippen LogP contribution in [0.5, 0.6) is 5.75 Å². The van der Waals surface area contributed by atoms with Gasteiger partial charge in [-0.1, -0.05) is 30.4 Å². The van der Waals surface area contributed by atoms with Gasteiger partial charge in [-0.25, -0.2) is 0 Å². The summed E-state index contributed by atoms with van der Waals surface area (Å²) in [4.78, 5) is 0. The molecule has 0 amide bonds. The third-order valence-electron chi connectivity index (χ3n) is 2.78. The Bertz CT molecular complexity index is 338. The molecule has 0 atom stereocenters. The van der Waals surface area contributed by atoms with Gasteiger partial charge in [0.1, 0.15) is 5.75 Å². The molecule has 0 spiro atoms. The van der Waals surface area contributed by atoms with Crippen molar-refractivity contribution in [3.8, 4) is 5.75 Å². The standard InChI is InChI=1S/C13H17NO/c1-15-13-9-5-2-6-11(13)10-14-12-7-3-4-8-12/h2-6,9,12,14H,7-8,10H2,1H3. The van der Waals surface area contributed by atoms with Crippen molar-refractivity contribution in [1.82, 2.24) is 5.32 Å². The Morgan fingerprint density at radius 2 is 2.00 bits per heavy atom. The number of benzene rings is 1. The summed E-state index contributed by atoms with van der Waals surface area (Å²) in [7, 11) is 1.72. The third-order valence-corrected chi connectivity index (χ3v) is 2.78. The molecule has 1 aromatic rings. The summed E-state index contributed by atoms with van der Waals surface area (Å²) in [6, 6.07) is 8.76. The summed E-state index contributed by atoms with van der Waals surface area (Å²) in [6.07, 6.45) is 6.77. The highest BCUT2D eigenvalue weighted by molar-refractivity contribution is 5.33. The van der Waals surface area contributed by atoms with Gasteiger partial charge in [-0.15, -0.1) is 0 Å². The highest BCUT2D eigenvalue weighted by Crippen LogP contribution is 2.18. The lowest BCUT2D eigenvalue weighted by Gasteiger charge is -2.13. The summed E-state index contributed by atoms with van der Waals surface area (Å²) >= 11 is 0. The van der Waals surface area contributed by atoms with Crippen molar-refractivity contribution in [3.05, 3.63) is 42.0 Å². The molecule has 0 unspecified atom stereocenters. The molecule has 1 aliphatic carbocycles. The lowest BCUT2D eigenvalue weighted by atomic mass is 10.1. The number of methoxy groups -OCH3 is 1. The van der Waals surface area contributed by atoms with E-state index in [1.807, 2.05) is 18.2 Å². The van der Waals surface area contributed by atoms with Gasteiger partial charge in [0, 0.05) is 18.2 Å². The van der Waals surface area contributed by atoms with E-state index in [4.69, 9.17) is 4.74 Å². The van der Waals surface area contributed by atoms with Gasteiger partial charge in [-0.05, 0) is 18.9 Å².